The van der Waals surface area contributed by atoms with Gasteiger partial charge in [0.15, 0.2) is 0 Å². The van der Waals surface area contributed by atoms with Crippen LogP contribution in [0.5, 0.6) is 5.75 Å². The fourth-order valence-electron chi connectivity index (χ4n) is 3.03. The summed E-state index contributed by atoms with van der Waals surface area (Å²) in [4.78, 5) is 11.5. The van der Waals surface area contributed by atoms with Crippen molar-refractivity contribution in [1.82, 2.24) is 0 Å². The summed E-state index contributed by atoms with van der Waals surface area (Å²) in [5, 5.41) is 0. The highest BCUT2D eigenvalue weighted by Crippen LogP contribution is 2.24. The van der Waals surface area contributed by atoms with E-state index < -0.39 is 0 Å². The first-order valence-corrected chi connectivity index (χ1v) is 10.7. The zero-order valence-corrected chi connectivity index (χ0v) is 18.8. The summed E-state index contributed by atoms with van der Waals surface area (Å²) in [5.74, 6) is 0.563. The Balaban J connectivity index is 1.54. The van der Waals surface area contributed by atoms with Crippen molar-refractivity contribution in [2.45, 2.75) is 20.3 Å². The van der Waals surface area contributed by atoms with E-state index in [1.807, 2.05) is 24.3 Å². The smallest absolute Gasteiger partial charge is 0.310 e. The average molecular weight is 465 g/mol. The molecule has 0 unspecified atom stereocenters. The predicted molar refractivity (Wildman–Crippen MR) is 126 cm³/mol. The Hall–Kier alpha value is -2.85. The number of hydrogen-bond acceptors (Lipinski definition) is 3. The summed E-state index contributed by atoms with van der Waals surface area (Å²) in [6, 6.07) is 24.4. The minimum Gasteiger partial charge on any atom is -0.490 e. The fourth-order valence-corrected chi connectivity index (χ4v) is 3.30. The molecule has 0 saturated heterocycles. The minimum absolute atomic E-state index is 0.212. The highest BCUT2D eigenvalue weighted by atomic mass is 79.9. The van der Waals surface area contributed by atoms with E-state index >= 15 is 0 Å². The van der Waals surface area contributed by atoms with Crippen LogP contribution in [0.2, 0.25) is 0 Å². The average Bonchev–Trinajstić information content (AvgIpc) is 2.76. The number of carbonyl (C=O) groups excluding carboxylic acids is 1. The second-order valence-electron chi connectivity index (χ2n) is 6.91. The van der Waals surface area contributed by atoms with Crippen LogP contribution in [0.4, 0.5) is 0 Å². The first-order chi connectivity index (χ1) is 14.5. The van der Waals surface area contributed by atoms with Crippen LogP contribution in [-0.4, -0.2) is 19.2 Å². The summed E-state index contributed by atoms with van der Waals surface area (Å²) in [6.45, 7) is 4.78. The Morgan fingerprint density at radius 1 is 0.900 bits per heavy atom. The van der Waals surface area contributed by atoms with Gasteiger partial charge in [-0.25, -0.2) is 0 Å². The number of benzene rings is 3. The first kappa shape index (κ1) is 21.8. The van der Waals surface area contributed by atoms with Gasteiger partial charge in [0.1, 0.15) is 12.4 Å². The van der Waals surface area contributed by atoms with Crippen molar-refractivity contribution in [3.05, 3.63) is 94.5 Å². The summed E-state index contributed by atoms with van der Waals surface area (Å²) in [7, 11) is 0. The maximum atomic E-state index is 11.5. The molecule has 0 aliphatic carbocycles. The molecule has 0 heterocycles. The van der Waals surface area contributed by atoms with E-state index in [0.717, 1.165) is 21.4 Å². The lowest BCUT2D eigenvalue weighted by Crippen LogP contribution is -2.07. The number of allylic oxidation sites excluding steroid dienone is 1. The zero-order chi connectivity index (χ0) is 21.3. The van der Waals surface area contributed by atoms with Gasteiger partial charge in [-0.3, -0.25) is 4.79 Å². The number of esters is 1. The molecule has 3 rings (SSSR count). The highest BCUT2D eigenvalue weighted by molar-refractivity contribution is 9.10. The molecular weight excluding hydrogens is 440 g/mol. The lowest BCUT2D eigenvalue weighted by molar-refractivity contribution is -0.142. The molecule has 0 N–H and O–H groups in total. The molecule has 3 aromatic carbocycles. The molecule has 0 bridgehead atoms. The molecule has 0 atom stereocenters. The molecule has 3 nitrogen and oxygen atoms in total. The lowest BCUT2D eigenvalue weighted by Gasteiger charge is -2.08. The van der Waals surface area contributed by atoms with Crippen molar-refractivity contribution >= 4 is 27.5 Å². The Labute approximate surface area is 186 Å². The van der Waals surface area contributed by atoms with Crippen LogP contribution >= 0.6 is 15.9 Å². The normalized spacial score (nSPS) is 11.2. The maximum Gasteiger partial charge on any atom is 0.310 e. The third-order valence-corrected chi connectivity index (χ3v) is 5.26. The van der Waals surface area contributed by atoms with Gasteiger partial charge in [0.05, 0.1) is 13.0 Å². The van der Waals surface area contributed by atoms with Crippen molar-refractivity contribution in [2.75, 3.05) is 13.2 Å². The standard InChI is InChI=1S/C26H25BrO3/c1-3-29-26(28)18-20-4-14-25(15-5-20)30-17-16-19(2)21-6-8-22(9-7-21)23-10-12-24(27)13-11-23/h4-16H,3,17-18H2,1-2H3/b19-16-. The highest BCUT2D eigenvalue weighted by Gasteiger charge is 2.04. The van der Waals surface area contributed by atoms with Gasteiger partial charge in [0.25, 0.3) is 0 Å². The number of hydrogen-bond donors (Lipinski definition) is 0. The van der Waals surface area contributed by atoms with E-state index in [9.17, 15) is 4.79 Å². The summed E-state index contributed by atoms with van der Waals surface area (Å²) < 4.78 is 11.9. The molecule has 4 heteroatoms. The molecule has 0 fully saturated rings. The van der Waals surface area contributed by atoms with E-state index in [2.05, 4.69) is 77.5 Å². The molecule has 154 valence electrons. The van der Waals surface area contributed by atoms with Crippen molar-refractivity contribution in [3.8, 4) is 16.9 Å². The van der Waals surface area contributed by atoms with E-state index in [0.29, 0.717) is 13.2 Å². The Bertz CT molecular complexity index is 988. The second-order valence-corrected chi connectivity index (χ2v) is 7.82. The van der Waals surface area contributed by atoms with Gasteiger partial charge in [0.2, 0.25) is 0 Å². The van der Waals surface area contributed by atoms with Crippen LogP contribution in [0.1, 0.15) is 25.0 Å². The molecule has 30 heavy (non-hydrogen) atoms. The van der Waals surface area contributed by atoms with Crippen LogP contribution in [0, 0.1) is 0 Å². The molecule has 0 amide bonds. The predicted octanol–water partition coefficient (Wildman–Crippen LogP) is 6.70. The van der Waals surface area contributed by atoms with Gasteiger partial charge >= 0.3 is 5.97 Å². The minimum atomic E-state index is -0.212. The molecule has 0 saturated carbocycles. The molecular formula is C26H25BrO3. The number of carbonyl (C=O) groups is 1. The van der Waals surface area contributed by atoms with Crippen LogP contribution in [-0.2, 0) is 16.0 Å². The molecule has 0 spiro atoms. The van der Waals surface area contributed by atoms with Gasteiger partial charge in [-0.1, -0.05) is 64.5 Å². The molecule has 3 aromatic rings. The van der Waals surface area contributed by atoms with Crippen LogP contribution < -0.4 is 4.74 Å². The van der Waals surface area contributed by atoms with Gasteiger partial charge in [-0.15, -0.1) is 0 Å². The van der Waals surface area contributed by atoms with Crippen molar-refractivity contribution < 1.29 is 14.3 Å². The Morgan fingerprint density at radius 3 is 2.10 bits per heavy atom. The second kappa shape index (κ2) is 10.8. The molecule has 0 aliphatic heterocycles. The molecule has 0 radical (unpaired) electrons. The summed E-state index contributed by atoms with van der Waals surface area (Å²) >= 11 is 3.47. The SMILES string of the molecule is CCOC(=O)Cc1ccc(OC/C=C(/C)c2ccc(-c3ccc(Br)cc3)cc2)cc1. The third kappa shape index (κ3) is 6.33. The zero-order valence-electron chi connectivity index (χ0n) is 17.2. The van der Waals surface area contributed by atoms with E-state index in [4.69, 9.17) is 9.47 Å². The number of ether oxygens (including phenoxy) is 2. The van der Waals surface area contributed by atoms with Gasteiger partial charge < -0.3 is 9.47 Å². The van der Waals surface area contributed by atoms with E-state index in [1.54, 1.807) is 6.92 Å². The van der Waals surface area contributed by atoms with E-state index in [-0.39, 0.29) is 12.4 Å². The number of rotatable bonds is 8. The molecule has 0 aromatic heterocycles. The Morgan fingerprint density at radius 2 is 1.50 bits per heavy atom. The molecule has 0 aliphatic rings. The summed E-state index contributed by atoms with van der Waals surface area (Å²) in [6.07, 6.45) is 2.35. The fraction of sp³-hybridized carbons (Fsp3) is 0.192. The first-order valence-electron chi connectivity index (χ1n) is 9.95. The van der Waals surface area contributed by atoms with Crippen molar-refractivity contribution in [1.29, 1.82) is 0 Å². The van der Waals surface area contributed by atoms with Crippen molar-refractivity contribution in [3.63, 3.8) is 0 Å². The Kier molecular flexibility index (Phi) is 7.86. The van der Waals surface area contributed by atoms with Crippen molar-refractivity contribution in [2.24, 2.45) is 0 Å². The topological polar surface area (TPSA) is 35.5 Å². The maximum absolute atomic E-state index is 11.5. The third-order valence-electron chi connectivity index (χ3n) is 4.73. The van der Waals surface area contributed by atoms with Gasteiger partial charge in [0, 0.05) is 4.47 Å². The largest absolute Gasteiger partial charge is 0.490 e. The van der Waals surface area contributed by atoms with Crippen LogP contribution in [0.15, 0.2) is 83.3 Å². The van der Waals surface area contributed by atoms with Gasteiger partial charge in [-0.2, -0.15) is 0 Å². The van der Waals surface area contributed by atoms with Crippen LogP contribution in [0.25, 0.3) is 16.7 Å². The van der Waals surface area contributed by atoms with Crippen LogP contribution in [0.3, 0.4) is 0 Å². The summed E-state index contributed by atoms with van der Waals surface area (Å²) in [5.41, 5.74) is 5.64. The number of halogens is 1. The monoisotopic (exact) mass is 464 g/mol. The van der Waals surface area contributed by atoms with E-state index in [1.165, 1.54) is 16.7 Å². The quantitative estimate of drug-likeness (QED) is 0.347. The van der Waals surface area contributed by atoms with Gasteiger partial charge in [-0.05, 0) is 72.0 Å². The lowest BCUT2D eigenvalue weighted by atomic mass is 10.0.